The molecule has 0 N–H and O–H groups in total. The van der Waals surface area contributed by atoms with E-state index in [0.29, 0.717) is 41.2 Å². The van der Waals surface area contributed by atoms with Crippen LogP contribution in [0.4, 0.5) is 0 Å². The van der Waals surface area contributed by atoms with Crippen LogP contribution in [0.5, 0.6) is 0 Å². The number of benzene rings is 1. The van der Waals surface area contributed by atoms with E-state index in [9.17, 15) is 14.4 Å². The molecule has 0 amide bonds. The van der Waals surface area contributed by atoms with Crippen molar-refractivity contribution < 1.29 is 19.1 Å². The number of ketones is 1. The smallest absolute Gasteiger partial charge is 0.337 e. The third-order valence-electron chi connectivity index (χ3n) is 5.50. The molecule has 1 aromatic carbocycles. The van der Waals surface area contributed by atoms with Crippen molar-refractivity contribution in [3.8, 4) is 0 Å². The molecule has 29 heavy (non-hydrogen) atoms. The maximum atomic E-state index is 13.3. The molecule has 0 unspecified atom stereocenters. The van der Waals surface area contributed by atoms with Crippen molar-refractivity contribution in [3.05, 3.63) is 34.1 Å². The van der Waals surface area contributed by atoms with Crippen molar-refractivity contribution in [1.82, 2.24) is 9.55 Å². The second kappa shape index (κ2) is 8.67. The average Bonchev–Trinajstić information content (AvgIpc) is 3.25. The molecule has 8 heteroatoms. The molecule has 154 valence electrons. The van der Waals surface area contributed by atoms with Gasteiger partial charge in [-0.15, -0.1) is 0 Å². The lowest BCUT2D eigenvalue weighted by molar-refractivity contribution is -0.119. The van der Waals surface area contributed by atoms with E-state index in [2.05, 4.69) is 0 Å². The molecule has 2 aromatic rings. The Morgan fingerprint density at radius 2 is 2.14 bits per heavy atom. The number of methoxy groups -OCH3 is 1. The maximum Gasteiger partial charge on any atom is 0.337 e. The monoisotopic (exact) mass is 416 g/mol. The number of nitrogens with zero attached hydrogens (tertiary/aromatic N) is 2. The molecule has 2 aliphatic rings. The van der Waals surface area contributed by atoms with E-state index < -0.39 is 5.97 Å². The van der Waals surface area contributed by atoms with Gasteiger partial charge < -0.3 is 9.47 Å². The summed E-state index contributed by atoms with van der Waals surface area (Å²) in [6.07, 6.45) is 5.15. The van der Waals surface area contributed by atoms with Crippen LogP contribution < -0.4 is 5.56 Å². The molecule has 4 rings (SSSR count). The van der Waals surface area contributed by atoms with Crippen LogP contribution in [0.15, 0.2) is 28.2 Å². The van der Waals surface area contributed by atoms with Crippen molar-refractivity contribution in [2.24, 2.45) is 0 Å². The molecule has 1 saturated heterocycles. The standard InChI is InChI=1S/C21H24N2O5S/c1-27-20(26)13-8-9-15-16(11-13)22-21(29-18-7-3-2-6-17(18)24)23(19(15)25)12-14-5-4-10-28-14/h8-9,11,14,18H,2-7,10,12H2,1H3/t14-,18+/m0/s1. The fourth-order valence-electron chi connectivity index (χ4n) is 3.89. The number of aromatic nitrogens is 2. The zero-order chi connectivity index (χ0) is 20.4. The van der Waals surface area contributed by atoms with Crippen LogP contribution in [-0.2, 0) is 20.8 Å². The predicted molar refractivity (Wildman–Crippen MR) is 109 cm³/mol. The minimum atomic E-state index is -0.478. The Balaban J connectivity index is 1.78. The van der Waals surface area contributed by atoms with Gasteiger partial charge in [-0.2, -0.15) is 0 Å². The van der Waals surface area contributed by atoms with Crippen LogP contribution >= 0.6 is 11.8 Å². The molecular weight excluding hydrogens is 392 g/mol. The summed E-state index contributed by atoms with van der Waals surface area (Å²) in [7, 11) is 1.31. The Morgan fingerprint density at radius 3 is 2.86 bits per heavy atom. The molecule has 2 fully saturated rings. The van der Waals surface area contributed by atoms with Gasteiger partial charge in [0.25, 0.3) is 5.56 Å². The molecule has 1 aromatic heterocycles. The summed E-state index contributed by atoms with van der Waals surface area (Å²) < 4.78 is 12.1. The van der Waals surface area contributed by atoms with Gasteiger partial charge in [-0.3, -0.25) is 14.2 Å². The van der Waals surface area contributed by atoms with Crippen LogP contribution in [0.3, 0.4) is 0 Å². The summed E-state index contributed by atoms with van der Waals surface area (Å²) in [5, 5.41) is 0.767. The zero-order valence-corrected chi connectivity index (χ0v) is 17.2. The van der Waals surface area contributed by atoms with Crippen molar-refractivity contribution in [1.29, 1.82) is 0 Å². The largest absolute Gasteiger partial charge is 0.465 e. The third kappa shape index (κ3) is 4.23. The van der Waals surface area contributed by atoms with Crippen molar-refractivity contribution in [3.63, 3.8) is 0 Å². The minimum absolute atomic E-state index is 0.0253. The quantitative estimate of drug-likeness (QED) is 0.547. The summed E-state index contributed by atoms with van der Waals surface area (Å²) in [6, 6.07) is 4.76. The van der Waals surface area contributed by atoms with E-state index in [4.69, 9.17) is 14.5 Å². The summed E-state index contributed by atoms with van der Waals surface area (Å²) in [6.45, 7) is 1.12. The van der Waals surface area contributed by atoms with Gasteiger partial charge in [0.2, 0.25) is 0 Å². The van der Waals surface area contributed by atoms with Crippen LogP contribution in [0.2, 0.25) is 0 Å². The van der Waals surface area contributed by atoms with E-state index in [1.165, 1.54) is 18.9 Å². The van der Waals surface area contributed by atoms with Gasteiger partial charge >= 0.3 is 5.97 Å². The Morgan fingerprint density at radius 1 is 1.28 bits per heavy atom. The van der Waals surface area contributed by atoms with Crippen LogP contribution in [0.25, 0.3) is 10.9 Å². The Kier molecular flexibility index (Phi) is 6.01. The number of ether oxygens (including phenoxy) is 2. The lowest BCUT2D eigenvalue weighted by Gasteiger charge is -2.22. The van der Waals surface area contributed by atoms with E-state index in [1.54, 1.807) is 22.8 Å². The molecular formula is C21H24N2O5S. The summed E-state index contributed by atoms with van der Waals surface area (Å²) in [4.78, 5) is 42.2. The number of rotatable bonds is 5. The van der Waals surface area contributed by atoms with Gasteiger partial charge in [-0.25, -0.2) is 9.78 Å². The van der Waals surface area contributed by atoms with E-state index in [-0.39, 0.29) is 22.7 Å². The molecule has 0 bridgehead atoms. The lowest BCUT2D eigenvalue weighted by Crippen LogP contribution is -2.30. The Bertz CT molecular complexity index is 996. The van der Waals surface area contributed by atoms with Gasteiger partial charge in [0.1, 0.15) is 5.78 Å². The van der Waals surface area contributed by atoms with E-state index in [1.807, 2.05) is 0 Å². The first-order valence-electron chi connectivity index (χ1n) is 10.0. The topological polar surface area (TPSA) is 87.5 Å². The highest BCUT2D eigenvalue weighted by molar-refractivity contribution is 8.00. The normalized spacial score (nSPS) is 22.2. The summed E-state index contributed by atoms with van der Waals surface area (Å²) in [5.41, 5.74) is 0.605. The molecule has 1 saturated carbocycles. The van der Waals surface area contributed by atoms with Gasteiger partial charge in [0, 0.05) is 13.0 Å². The lowest BCUT2D eigenvalue weighted by atomic mass is 9.99. The number of carbonyl (C=O) groups excluding carboxylic acids is 2. The molecule has 2 atom stereocenters. The van der Waals surface area contributed by atoms with Crippen molar-refractivity contribution in [2.75, 3.05) is 13.7 Å². The highest BCUT2D eigenvalue weighted by Gasteiger charge is 2.27. The minimum Gasteiger partial charge on any atom is -0.465 e. The molecule has 0 radical (unpaired) electrons. The first-order chi connectivity index (χ1) is 14.1. The fourth-order valence-corrected chi connectivity index (χ4v) is 5.12. The van der Waals surface area contributed by atoms with Crippen LogP contribution in [-0.4, -0.2) is 46.4 Å². The summed E-state index contributed by atoms with van der Waals surface area (Å²) in [5.74, 6) is -0.267. The number of fused-ring (bicyclic) bond motifs is 1. The average molecular weight is 416 g/mol. The predicted octanol–water partition coefficient (Wildman–Crippen LogP) is 2.97. The number of Topliss-reactive ketones (excluding diaryl/α,β-unsaturated/α-hetero) is 1. The van der Waals surface area contributed by atoms with Crippen molar-refractivity contribution >= 4 is 34.4 Å². The SMILES string of the molecule is COC(=O)c1ccc2c(=O)n(C[C@@H]3CCCO3)c(S[C@@H]3CCCCC3=O)nc2c1. The van der Waals surface area contributed by atoms with Gasteiger partial charge in [0.05, 0.1) is 41.5 Å². The Hall–Kier alpha value is -2.19. The molecule has 1 aliphatic heterocycles. The van der Waals surface area contributed by atoms with Gasteiger partial charge in [0.15, 0.2) is 5.16 Å². The Labute approximate surface area is 172 Å². The second-order valence-corrected chi connectivity index (χ2v) is 8.66. The van der Waals surface area contributed by atoms with E-state index >= 15 is 0 Å². The molecule has 2 heterocycles. The molecule has 1 aliphatic carbocycles. The number of carbonyl (C=O) groups is 2. The first kappa shape index (κ1) is 20.1. The highest BCUT2D eigenvalue weighted by Crippen LogP contribution is 2.31. The zero-order valence-electron chi connectivity index (χ0n) is 16.4. The highest BCUT2D eigenvalue weighted by atomic mass is 32.2. The third-order valence-corrected chi connectivity index (χ3v) is 6.80. The molecule has 0 spiro atoms. The second-order valence-electron chi connectivity index (χ2n) is 7.49. The van der Waals surface area contributed by atoms with Crippen LogP contribution in [0.1, 0.15) is 48.9 Å². The number of hydrogen-bond donors (Lipinski definition) is 0. The molecule has 7 nitrogen and oxygen atoms in total. The first-order valence-corrected chi connectivity index (χ1v) is 10.9. The maximum absolute atomic E-state index is 13.3. The van der Waals surface area contributed by atoms with E-state index in [0.717, 1.165) is 32.1 Å². The van der Waals surface area contributed by atoms with Gasteiger partial charge in [-0.1, -0.05) is 18.2 Å². The number of esters is 1. The summed E-state index contributed by atoms with van der Waals surface area (Å²) >= 11 is 1.36. The number of thioether (sulfide) groups is 1. The van der Waals surface area contributed by atoms with Gasteiger partial charge in [-0.05, 0) is 43.9 Å². The number of hydrogen-bond acceptors (Lipinski definition) is 7. The fraction of sp³-hybridized carbons (Fsp3) is 0.524. The van der Waals surface area contributed by atoms with Crippen molar-refractivity contribution in [2.45, 2.75) is 61.6 Å². The van der Waals surface area contributed by atoms with Crippen LogP contribution in [0, 0.1) is 0 Å².